The van der Waals surface area contributed by atoms with Gasteiger partial charge in [-0.1, -0.05) is 38.1 Å². The molecule has 4 heteroatoms. The summed E-state index contributed by atoms with van der Waals surface area (Å²) < 4.78 is 11.1. The van der Waals surface area contributed by atoms with Crippen molar-refractivity contribution in [3.05, 3.63) is 64.4 Å². The maximum Gasteiger partial charge on any atom is 0.310 e. The van der Waals surface area contributed by atoms with Crippen LogP contribution in [0, 0.1) is 6.92 Å². The maximum absolute atomic E-state index is 12.6. The van der Waals surface area contributed by atoms with Crippen molar-refractivity contribution in [3.63, 3.8) is 0 Å². The number of rotatable bonds is 4. The number of ether oxygens (including phenoxy) is 2. The minimum absolute atomic E-state index is 0.161. The molecule has 128 valence electrons. The molecule has 2 aromatic carbocycles. The van der Waals surface area contributed by atoms with Gasteiger partial charge in [-0.3, -0.25) is 9.59 Å². The predicted molar refractivity (Wildman–Crippen MR) is 95.9 cm³/mol. The normalized spacial score (nSPS) is 14.4. The Morgan fingerprint density at radius 3 is 2.48 bits per heavy atom. The lowest BCUT2D eigenvalue weighted by molar-refractivity contribution is -0.134. The molecule has 0 bridgehead atoms. The van der Waals surface area contributed by atoms with Crippen LogP contribution in [0.5, 0.6) is 11.5 Å². The molecule has 3 rings (SSSR count). The first-order valence-electron chi connectivity index (χ1n) is 8.41. The van der Waals surface area contributed by atoms with Gasteiger partial charge in [0.05, 0.1) is 5.56 Å². The van der Waals surface area contributed by atoms with Crippen LogP contribution in [0.15, 0.2) is 42.2 Å². The fourth-order valence-corrected chi connectivity index (χ4v) is 2.67. The molecule has 1 aliphatic heterocycles. The van der Waals surface area contributed by atoms with Gasteiger partial charge in [0, 0.05) is 12.0 Å². The summed E-state index contributed by atoms with van der Waals surface area (Å²) in [6, 6.07) is 11.3. The number of hydrogen-bond donors (Lipinski definition) is 0. The highest BCUT2D eigenvalue weighted by Gasteiger charge is 2.30. The van der Waals surface area contributed by atoms with Gasteiger partial charge in [-0.2, -0.15) is 0 Å². The van der Waals surface area contributed by atoms with Crippen LogP contribution in [0.4, 0.5) is 0 Å². The topological polar surface area (TPSA) is 52.6 Å². The van der Waals surface area contributed by atoms with Gasteiger partial charge in [0.1, 0.15) is 11.5 Å². The summed E-state index contributed by atoms with van der Waals surface area (Å²) in [7, 11) is 0. The molecule has 1 aliphatic rings. The predicted octanol–water partition coefficient (Wildman–Crippen LogP) is 4.49. The largest absolute Gasteiger partial charge is 0.452 e. The minimum Gasteiger partial charge on any atom is -0.452 e. The number of ketones is 1. The SMILES string of the molecule is CCC(=O)Oc1ccc2c(c1C)O/C(=C\c1ccc(CC)cc1)C2=O. The van der Waals surface area contributed by atoms with E-state index >= 15 is 0 Å². The van der Waals surface area contributed by atoms with E-state index in [4.69, 9.17) is 9.47 Å². The number of allylic oxidation sites excluding steroid dienone is 1. The molecule has 0 atom stereocenters. The first-order valence-corrected chi connectivity index (χ1v) is 8.41. The first kappa shape index (κ1) is 17.0. The van der Waals surface area contributed by atoms with Crippen LogP contribution >= 0.6 is 0 Å². The van der Waals surface area contributed by atoms with Crippen LogP contribution in [0.1, 0.15) is 47.3 Å². The van der Waals surface area contributed by atoms with Crippen LogP contribution in [0.25, 0.3) is 6.08 Å². The van der Waals surface area contributed by atoms with Crippen LogP contribution in [-0.2, 0) is 11.2 Å². The van der Waals surface area contributed by atoms with E-state index in [1.807, 2.05) is 24.3 Å². The Kier molecular flexibility index (Phi) is 4.70. The second-order valence-corrected chi connectivity index (χ2v) is 5.93. The summed E-state index contributed by atoms with van der Waals surface area (Å²) in [5, 5.41) is 0. The molecule has 0 spiro atoms. The second-order valence-electron chi connectivity index (χ2n) is 5.93. The number of benzene rings is 2. The summed E-state index contributed by atoms with van der Waals surface area (Å²) in [5.41, 5.74) is 3.29. The number of carbonyl (C=O) groups is 2. The van der Waals surface area contributed by atoms with E-state index in [-0.39, 0.29) is 23.9 Å². The number of carbonyl (C=O) groups excluding carboxylic acids is 2. The summed E-state index contributed by atoms with van der Waals surface area (Å²) in [4.78, 5) is 24.1. The van der Waals surface area contributed by atoms with Gasteiger partial charge in [-0.25, -0.2) is 0 Å². The van der Waals surface area contributed by atoms with Gasteiger partial charge in [0.15, 0.2) is 5.76 Å². The molecular formula is C21H20O4. The molecule has 0 amide bonds. The average molecular weight is 336 g/mol. The van der Waals surface area contributed by atoms with Crippen molar-refractivity contribution in [2.45, 2.75) is 33.6 Å². The van der Waals surface area contributed by atoms with E-state index in [1.165, 1.54) is 5.56 Å². The number of esters is 1. The Morgan fingerprint density at radius 2 is 1.84 bits per heavy atom. The molecule has 1 heterocycles. The van der Waals surface area contributed by atoms with Gasteiger partial charge >= 0.3 is 5.97 Å². The van der Waals surface area contributed by atoms with Crippen molar-refractivity contribution < 1.29 is 19.1 Å². The van der Waals surface area contributed by atoms with E-state index in [0.29, 0.717) is 22.6 Å². The molecule has 0 N–H and O–H groups in total. The molecule has 0 aliphatic carbocycles. The summed E-state index contributed by atoms with van der Waals surface area (Å²) >= 11 is 0. The van der Waals surface area contributed by atoms with E-state index in [9.17, 15) is 9.59 Å². The highest BCUT2D eigenvalue weighted by Crippen LogP contribution is 2.39. The average Bonchev–Trinajstić information content (AvgIpc) is 2.94. The maximum atomic E-state index is 12.6. The van der Waals surface area contributed by atoms with Crippen LogP contribution in [0.3, 0.4) is 0 Å². The number of hydrogen-bond acceptors (Lipinski definition) is 4. The van der Waals surface area contributed by atoms with E-state index in [0.717, 1.165) is 12.0 Å². The Bertz CT molecular complexity index is 860. The fraction of sp³-hybridized carbons (Fsp3) is 0.238. The highest BCUT2D eigenvalue weighted by molar-refractivity contribution is 6.15. The number of aryl methyl sites for hydroxylation is 1. The number of fused-ring (bicyclic) bond motifs is 1. The molecule has 0 fully saturated rings. The first-order chi connectivity index (χ1) is 12.0. The van der Waals surface area contributed by atoms with Crippen LogP contribution in [-0.4, -0.2) is 11.8 Å². The van der Waals surface area contributed by atoms with Crippen molar-refractivity contribution in [2.75, 3.05) is 0 Å². The van der Waals surface area contributed by atoms with Gasteiger partial charge in [-0.05, 0) is 42.7 Å². The molecule has 25 heavy (non-hydrogen) atoms. The van der Waals surface area contributed by atoms with Gasteiger partial charge in [-0.15, -0.1) is 0 Å². The quantitative estimate of drug-likeness (QED) is 0.469. The lowest BCUT2D eigenvalue weighted by Crippen LogP contribution is -2.06. The molecule has 2 aromatic rings. The fourth-order valence-electron chi connectivity index (χ4n) is 2.67. The van der Waals surface area contributed by atoms with Crippen LogP contribution in [0.2, 0.25) is 0 Å². The zero-order chi connectivity index (χ0) is 18.0. The summed E-state index contributed by atoms with van der Waals surface area (Å²) in [6.07, 6.45) is 2.99. The highest BCUT2D eigenvalue weighted by atomic mass is 16.5. The van der Waals surface area contributed by atoms with Crippen LogP contribution < -0.4 is 9.47 Å². The minimum atomic E-state index is -0.320. The molecule has 4 nitrogen and oxygen atoms in total. The third-order valence-corrected chi connectivity index (χ3v) is 4.23. The second kappa shape index (κ2) is 6.93. The molecule has 0 saturated heterocycles. The molecule has 0 aromatic heterocycles. The monoisotopic (exact) mass is 336 g/mol. The zero-order valence-corrected chi connectivity index (χ0v) is 14.6. The standard InChI is InChI=1S/C21H20O4/c1-4-14-6-8-15(9-7-14)12-18-20(23)16-10-11-17(24-19(22)5-2)13(3)21(16)25-18/h6-12H,4-5H2,1-3H3/b18-12-. The number of Topliss-reactive ketones (excluding diaryl/α,β-unsaturated/α-hetero) is 1. The Morgan fingerprint density at radius 1 is 1.12 bits per heavy atom. The lowest BCUT2D eigenvalue weighted by Gasteiger charge is -2.09. The van der Waals surface area contributed by atoms with E-state index < -0.39 is 0 Å². The summed E-state index contributed by atoms with van der Waals surface area (Å²) in [5.74, 6) is 0.682. The zero-order valence-electron chi connectivity index (χ0n) is 14.6. The van der Waals surface area contributed by atoms with Gasteiger partial charge in [0.2, 0.25) is 5.78 Å². The smallest absolute Gasteiger partial charge is 0.310 e. The summed E-state index contributed by atoms with van der Waals surface area (Å²) in [6.45, 7) is 5.61. The van der Waals surface area contributed by atoms with Crippen molar-refractivity contribution in [1.29, 1.82) is 0 Å². The molecule has 0 unspecified atom stereocenters. The molecule has 0 saturated carbocycles. The Labute approximate surface area is 147 Å². The van der Waals surface area contributed by atoms with Gasteiger partial charge in [0.25, 0.3) is 0 Å². The van der Waals surface area contributed by atoms with Crippen molar-refractivity contribution in [2.24, 2.45) is 0 Å². The molecule has 0 radical (unpaired) electrons. The van der Waals surface area contributed by atoms with Crippen molar-refractivity contribution in [3.8, 4) is 11.5 Å². The Balaban J connectivity index is 1.90. The third kappa shape index (κ3) is 3.33. The van der Waals surface area contributed by atoms with E-state index in [1.54, 1.807) is 32.1 Å². The molecular weight excluding hydrogens is 316 g/mol. The lowest BCUT2D eigenvalue weighted by atomic mass is 10.0. The van der Waals surface area contributed by atoms with Crippen molar-refractivity contribution in [1.82, 2.24) is 0 Å². The van der Waals surface area contributed by atoms with Gasteiger partial charge < -0.3 is 9.47 Å². The Hall–Kier alpha value is -2.88. The van der Waals surface area contributed by atoms with Crippen molar-refractivity contribution >= 4 is 17.8 Å². The van der Waals surface area contributed by atoms with E-state index in [2.05, 4.69) is 6.92 Å². The third-order valence-electron chi connectivity index (χ3n) is 4.23.